The molecule has 158 valence electrons. The number of aromatic amines is 1. The summed E-state index contributed by atoms with van der Waals surface area (Å²) in [4.78, 5) is 5.11. The van der Waals surface area contributed by atoms with Crippen LogP contribution in [-0.2, 0) is 16.7 Å². The van der Waals surface area contributed by atoms with E-state index in [-0.39, 0.29) is 11.6 Å². The number of benzene rings is 2. The van der Waals surface area contributed by atoms with Crippen LogP contribution in [0, 0.1) is 17.6 Å². The maximum absolute atomic E-state index is 14.2. The molecule has 0 radical (unpaired) electrons. The highest BCUT2D eigenvalue weighted by Crippen LogP contribution is 2.43. The van der Waals surface area contributed by atoms with Crippen molar-refractivity contribution in [2.75, 3.05) is 7.11 Å². The van der Waals surface area contributed by atoms with Crippen LogP contribution in [0.25, 0.3) is 6.08 Å². The summed E-state index contributed by atoms with van der Waals surface area (Å²) in [6.45, 7) is 0. The molecular formula is C25H23F2N3O. The van der Waals surface area contributed by atoms with Crippen LogP contribution in [0.5, 0.6) is 0 Å². The number of oxime groups is 1. The first-order valence-corrected chi connectivity index (χ1v) is 10.5. The fourth-order valence-electron chi connectivity index (χ4n) is 4.65. The van der Waals surface area contributed by atoms with Crippen LogP contribution in [0.4, 0.5) is 8.78 Å². The van der Waals surface area contributed by atoms with Crippen molar-refractivity contribution in [1.29, 1.82) is 0 Å². The van der Waals surface area contributed by atoms with Crippen molar-refractivity contribution >= 4 is 11.8 Å². The number of hydrogen-bond acceptors (Lipinski definition) is 3. The molecule has 3 aromatic rings. The van der Waals surface area contributed by atoms with Gasteiger partial charge in [0.05, 0.1) is 0 Å². The Balaban J connectivity index is 1.63. The smallest absolute Gasteiger partial charge is 0.123 e. The van der Waals surface area contributed by atoms with Gasteiger partial charge < -0.3 is 4.84 Å². The molecule has 0 bridgehead atoms. The Bertz CT molecular complexity index is 1130. The molecule has 1 aromatic heterocycles. The summed E-state index contributed by atoms with van der Waals surface area (Å²) >= 11 is 0. The van der Waals surface area contributed by atoms with Gasteiger partial charge in [0.1, 0.15) is 30.1 Å². The van der Waals surface area contributed by atoms with E-state index < -0.39 is 5.41 Å². The zero-order valence-corrected chi connectivity index (χ0v) is 17.2. The highest BCUT2D eigenvalue weighted by atomic mass is 19.1. The SMILES string of the molecule is CO/N=C(/c1n[nH]c2c1C=CC(c1cccc(F)c1)(c1cccc(F)c1)C2)C1CCC1. The number of aromatic nitrogens is 2. The second kappa shape index (κ2) is 7.76. The zero-order chi connectivity index (χ0) is 21.4. The summed E-state index contributed by atoms with van der Waals surface area (Å²) in [6.07, 6.45) is 7.86. The van der Waals surface area contributed by atoms with Crippen LogP contribution in [0.2, 0.25) is 0 Å². The minimum atomic E-state index is -0.712. The van der Waals surface area contributed by atoms with Gasteiger partial charge in [-0.3, -0.25) is 5.10 Å². The standard InChI is InChI=1S/C25H23F2N3O/c1-31-30-23(16-5-2-6-16)24-21-11-12-25(15-22(21)28-29-24,17-7-3-9-19(26)13-17)18-8-4-10-20(27)14-18/h3-4,7-14,16H,2,5-6,15H2,1H3,(H,28,29)/b30-23+. The van der Waals surface area contributed by atoms with Crippen LogP contribution in [0.15, 0.2) is 59.8 Å². The number of H-pyrrole nitrogens is 1. The normalized spacial score (nSPS) is 17.8. The van der Waals surface area contributed by atoms with Crippen molar-refractivity contribution in [3.05, 3.63) is 94.3 Å². The fraction of sp³-hybridized carbons (Fsp3) is 0.280. The van der Waals surface area contributed by atoms with Crippen molar-refractivity contribution in [2.24, 2.45) is 11.1 Å². The minimum absolute atomic E-state index is 0.322. The minimum Gasteiger partial charge on any atom is -0.399 e. The topological polar surface area (TPSA) is 50.3 Å². The molecular weight excluding hydrogens is 396 g/mol. The molecule has 0 unspecified atom stereocenters. The van der Waals surface area contributed by atoms with E-state index in [0.29, 0.717) is 12.3 Å². The fourth-order valence-corrected chi connectivity index (χ4v) is 4.65. The number of nitrogens with one attached hydrogen (secondary N) is 1. The summed E-state index contributed by atoms with van der Waals surface area (Å²) in [5, 5.41) is 12.0. The van der Waals surface area contributed by atoms with Gasteiger partial charge in [0.2, 0.25) is 0 Å². The van der Waals surface area contributed by atoms with Crippen LogP contribution in [-0.4, -0.2) is 23.0 Å². The molecule has 1 fully saturated rings. The van der Waals surface area contributed by atoms with E-state index in [4.69, 9.17) is 4.84 Å². The van der Waals surface area contributed by atoms with Gasteiger partial charge in [-0.15, -0.1) is 0 Å². The van der Waals surface area contributed by atoms with Gasteiger partial charge in [0.25, 0.3) is 0 Å². The van der Waals surface area contributed by atoms with E-state index >= 15 is 0 Å². The van der Waals surface area contributed by atoms with Crippen molar-refractivity contribution in [3.8, 4) is 0 Å². The number of rotatable bonds is 5. The molecule has 2 aromatic carbocycles. The van der Waals surface area contributed by atoms with E-state index in [1.807, 2.05) is 24.3 Å². The molecule has 0 amide bonds. The predicted octanol–water partition coefficient (Wildman–Crippen LogP) is 5.39. The molecule has 0 aliphatic heterocycles. The molecule has 1 saturated carbocycles. The van der Waals surface area contributed by atoms with E-state index in [1.54, 1.807) is 19.2 Å². The monoisotopic (exact) mass is 419 g/mol. The molecule has 1 heterocycles. The summed E-state index contributed by atoms with van der Waals surface area (Å²) in [5.41, 5.74) is 4.35. The molecule has 0 saturated heterocycles. The summed E-state index contributed by atoms with van der Waals surface area (Å²) in [6, 6.07) is 13.0. The predicted molar refractivity (Wildman–Crippen MR) is 116 cm³/mol. The van der Waals surface area contributed by atoms with Gasteiger partial charge in [-0.1, -0.05) is 48.0 Å². The second-order valence-corrected chi connectivity index (χ2v) is 8.25. The van der Waals surface area contributed by atoms with Crippen molar-refractivity contribution in [3.63, 3.8) is 0 Å². The molecule has 2 aliphatic rings. The van der Waals surface area contributed by atoms with Crippen molar-refractivity contribution < 1.29 is 13.6 Å². The summed E-state index contributed by atoms with van der Waals surface area (Å²) < 4.78 is 28.3. The highest BCUT2D eigenvalue weighted by Gasteiger charge is 2.38. The molecule has 4 nitrogen and oxygen atoms in total. The third-order valence-electron chi connectivity index (χ3n) is 6.48. The Morgan fingerprint density at radius 2 is 1.77 bits per heavy atom. The van der Waals surface area contributed by atoms with Crippen molar-refractivity contribution in [1.82, 2.24) is 10.2 Å². The number of allylic oxidation sites excluding steroid dienone is 1. The maximum Gasteiger partial charge on any atom is 0.123 e. The molecule has 6 heteroatoms. The molecule has 5 rings (SSSR count). The van der Waals surface area contributed by atoms with E-state index in [2.05, 4.69) is 15.4 Å². The molecule has 1 N–H and O–H groups in total. The van der Waals surface area contributed by atoms with Gasteiger partial charge in [0, 0.05) is 29.0 Å². The Labute approximate surface area is 179 Å². The third-order valence-corrected chi connectivity index (χ3v) is 6.48. The number of hydrogen-bond donors (Lipinski definition) is 1. The van der Waals surface area contributed by atoms with E-state index in [0.717, 1.165) is 46.6 Å². The van der Waals surface area contributed by atoms with Gasteiger partial charge in [-0.05, 0) is 48.2 Å². The Kier molecular flexibility index (Phi) is 4.93. The average Bonchev–Trinajstić information content (AvgIpc) is 3.15. The third kappa shape index (κ3) is 3.36. The van der Waals surface area contributed by atoms with Gasteiger partial charge in [-0.2, -0.15) is 5.10 Å². The number of halogens is 2. The molecule has 31 heavy (non-hydrogen) atoms. The lowest BCUT2D eigenvalue weighted by Gasteiger charge is -2.34. The molecule has 0 spiro atoms. The zero-order valence-electron chi connectivity index (χ0n) is 17.2. The average molecular weight is 419 g/mol. The van der Waals surface area contributed by atoms with Crippen LogP contribution in [0.3, 0.4) is 0 Å². The van der Waals surface area contributed by atoms with Gasteiger partial charge in [0.15, 0.2) is 0 Å². The lowest BCUT2D eigenvalue weighted by Crippen LogP contribution is -2.31. The van der Waals surface area contributed by atoms with Crippen molar-refractivity contribution in [2.45, 2.75) is 31.1 Å². The number of nitrogens with zero attached hydrogens (tertiary/aromatic N) is 2. The highest BCUT2D eigenvalue weighted by molar-refractivity contribution is 6.04. The van der Waals surface area contributed by atoms with E-state index in [1.165, 1.54) is 30.7 Å². The van der Waals surface area contributed by atoms with Crippen LogP contribution in [0.1, 0.15) is 47.3 Å². The first kappa shape index (κ1) is 19.7. The van der Waals surface area contributed by atoms with Crippen LogP contribution < -0.4 is 0 Å². The first-order valence-electron chi connectivity index (χ1n) is 10.5. The Hall–Kier alpha value is -3.28. The first-order chi connectivity index (χ1) is 15.1. The van der Waals surface area contributed by atoms with Gasteiger partial charge >= 0.3 is 0 Å². The van der Waals surface area contributed by atoms with Crippen LogP contribution >= 0.6 is 0 Å². The largest absolute Gasteiger partial charge is 0.399 e. The lowest BCUT2D eigenvalue weighted by atomic mass is 9.68. The summed E-state index contributed by atoms with van der Waals surface area (Å²) in [7, 11) is 1.55. The second-order valence-electron chi connectivity index (χ2n) is 8.25. The lowest BCUT2D eigenvalue weighted by molar-refractivity contribution is 0.208. The quantitative estimate of drug-likeness (QED) is 0.445. The van der Waals surface area contributed by atoms with E-state index in [9.17, 15) is 8.78 Å². The molecule has 0 atom stereocenters. The van der Waals surface area contributed by atoms with Gasteiger partial charge in [-0.25, -0.2) is 8.78 Å². The number of fused-ring (bicyclic) bond motifs is 1. The molecule has 2 aliphatic carbocycles. The maximum atomic E-state index is 14.2. The Morgan fingerprint density at radius 3 is 2.32 bits per heavy atom. The summed E-state index contributed by atoms with van der Waals surface area (Å²) in [5.74, 6) is -0.298. The Morgan fingerprint density at radius 1 is 1.10 bits per heavy atom.